The molecule has 1 aromatic rings. The van der Waals surface area contributed by atoms with Crippen LogP contribution in [-0.2, 0) is 9.59 Å². The Kier molecular flexibility index (Phi) is 8.08. The van der Waals surface area contributed by atoms with Gasteiger partial charge in [0.2, 0.25) is 11.8 Å². The van der Waals surface area contributed by atoms with E-state index in [2.05, 4.69) is 6.07 Å². The third-order valence-corrected chi connectivity index (χ3v) is 4.73. The minimum absolute atomic E-state index is 0.0124. The number of hydrogen-bond acceptors (Lipinski definition) is 5. The number of hydrogen-bond donors (Lipinski definition) is 1. The molecule has 1 unspecified atom stereocenters. The van der Waals surface area contributed by atoms with Gasteiger partial charge in [-0.05, 0) is 50.6 Å². The van der Waals surface area contributed by atoms with Crippen LogP contribution in [0.25, 0.3) is 0 Å². The molecule has 7 nitrogen and oxygen atoms in total. The highest BCUT2D eigenvalue weighted by Gasteiger charge is 2.27. The molecule has 1 aromatic carbocycles. The number of amides is 2. The second kappa shape index (κ2) is 10.5. The van der Waals surface area contributed by atoms with Gasteiger partial charge in [-0.15, -0.1) is 0 Å². The molecule has 27 heavy (non-hydrogen) atoms. The van der Waals surface area contributed by atoms with E-state index in [0.29, 0.717) is 13.2 Å². The van der Waals surface area contributed by atoms with Crippen LogP contribution in [0, 0.1) is 11.3 Å². The van der Waals surface area contributed by atoms with Gasteiger partial charge < -0.3 is 15.4 Å². The fourth-order valence-electron chi connectivity index (χ4n) is 3.44. The normalized spacial score (nSPS) is 17.1. The summed E-state index contributed by atoms with van der Waals surface area (Å²) in [5.74, 6) is 0.324. The van der Waals surface area contributed by atoms with E-state index in [1.54, 1.807) is 4.90 Å². The van der Waals surface area contributed by atoms with E-state index in [4.69, 9.17) is 15.7 Å². The fraction of sp³-hybridized carbons (Fsp3) is 0.550. The molecule has 2 amide bonds. The zero-order valence-electron chi connectivity index (χ0n) is 15.9. The van der Waals surface area contributed by atoms with E-state index in [0.717, 1.165) is 37.2 Å². The molecule has 0 saturated carbocycles. The second-order valence-electron chi connectivity index (χ2n) is 6.67. The molecule has 0 aliphatic carbocycles. The van der Waals surface area contributed by atoms with Gasteiger partial charge in [0.15, 0.2) is 0 Å². The Bertz CT molecular complexity index is 669. The number of carbonyl (C=O) groups is 2. The minimum atomic E-state index is -0.341. The van der Waals surface area contributed by atoms with Crippen LogP contribution in [0.2, 0.25) is 0 Å². The number of nitrogens with zero attached hydrogens (tertiary/aromatic N) is 3. The van der Waals surface area contributed by atoms with Crippen molar-refractivity contribution >= 4 is 17.5 Å². The lowest BCUT2D eigenvalue weighted by Gasteiger charge is -2.36. The van der Waals surface area contributed by atoms with Gasteiger partial charge in [-0.2, -0.15) is 5.26 Å². The summed E-state index contributed by atoms with van der Waals surface area (Å²) in [6, 6.07) is 9.42. The van der Waals surface area contributed by atoms with Crippen LogP contribution in [0.4, 0.5) is 5.69 Å². The molecule has 1 aliphatic heterocycles. The number of piperidine rings is 1. The van der Waals surface area contributed by atoms with E-state index in [1.807, 2.05) is 36.1 Å². The standard InChI is InChI=1S/C20H28N4O3/c1-2-27-18-9-7-16(8-10-18)24(13-5-11-21)20(26)15-23-12-4-3-6-17(23)14-19(22)25/h7-10,17H,2-6,12-15H2,1H3,(H2,22,25). The third-order valence-electron chi connectivity index (χ3n) is 4.73. The van der Waals surface area contributed by atoms with Crippen molar-refractivity contribution in [2.45, 2.75) is 45.1 Å². The Labute approximate surface area is 160 Å². The first-order chi connectivity index (χ1) is 13.0. The fourth-order valence-corrected chi connectivity index (χ4v) is 3.44. The highest BCUT2D eigenvalue weighted by atomic mass is 16.5. The SMILES string of the molecule is CCOc1ccc(N(CCC#N)C(=O)CN2CCCCC2CC(N)=O)cc1. The zero-order valence-corrected chi connectivity index (χ0v) is 15.9. The first-order valence-electron chi connectivity index (χ1n) is 9.47. The molecular weight excluding hydrogens is 344 g/mol. The molecule has 2 rings (SSSR count). The number of anilines is 1. The van der Waals surface area contributed by atoms with Crippen molar-refractivity contribution in [2.75, 3.05) is 31.1 Å². The molecule has 0 bridgehead atoms. The van der Waals surface area contributed by atoms with Gasteiger partial charge in [0, 0.05) is 24.7 Å². The Morgan fingerprint density at radius 1 is 1.33 bits per heavy atom. The van der Waals surface area contributed by atoms with Gasteiger partial charge in [0.05, 0.1) is 25.6 Å². The Hall–Kier alpha value is -2.59. The molecule has 1 heterocycles. The number of ether oxygens (including phenoxy) is 1. The Morgan fingerprint density at radius 3 is 2.70 bits per heavy atom. The van der Waals surface area contributed by atoms with Crippen LogP contribution >= 0.6 is 0 Å². The largest absolute Gasteiger partial charge is 0.494 e. The summed E-state index contributed by atoms with van der Waals surface area (Å²) < 4.78 is 5.45. The van der Waals surface area contributed by atoms with Crippen molar-refractivity contribution in [2.24, 2.45) is 5.73 Å². The van der Waals surface area contributed by atoms with Crippen molar-refractivity contribution < 1.29 is 14.3 Å². The van der Waals surface area contributed by atoms with E-state index < -0.39 is 0 Å². The Morgan fingerprint density at radius 2 is 2.07 bits per heavy atom. The van der Waals surface area contributed by atoms with E-state index in [1.165, 1.54) is 0 Å². The van der Waals surface area contributed by atoms with Gasteiger partial charge in [-0.25, -0.2) is 0 Å². The summed E-state index contributed by atoms with van der Waals surface area (Å²) in [5.41, 5.74) is 6.10. The summed E-state index contributed by atoms with van der Waals surface area (Å²) in [5, 5.41) is 8.95. The lowest BCUT2D eigenvalue weighted by atomic mass is 9.99. The summed E-state index contributed by atoms with van der Waals surface area (Å²) in [6.45, 7) is 3.82. The maximum absolute atomic E-state index is 13.0. The monoisotopic (exact) mass is 372 g/mol. The topological polar surface area (TPSA) is 99.7 Å². The van der Waals surface area contributed by atoms with Gasteiger partial charge in [0.1, 0.15) is 5.75 Å². The van der Waals surface area contributed by atoms with Crippen LogP contribution in [0.3, 0.4) is 0 Å². The molecule has 1 saturated heterocycles. The molecule has 2 N–H and O–H groups in total. The molecule has 146 valence electrons. The average molecular weight is 372 g/mol. The number of likely N-dealkylation sites (tertiary alicyclic amines) is 1. The summed E-state index contributed by atoms with van der Waals surface area (Å²) in [6.07, 6.45) is 3.44. The van der Waals surface area contributed by atoms with Gasteiger partial charge in [-0.3, -0.25) is 14.5 Å². The van der Waals surface area contributed by atoms with Gasteiger partial charge >= 0.3 is 0 Å². The molecule has 1 atom stereocenters. The Balaban J connectivity index is 2.11. The van der Waals surface area contributed by atoms with E-state index in [9.17, 15) is 9.59 Å². The number of nitriles is 1. The first kappa shape index (κ1) is 20.7. The van der Waals surface area contributed by atoms with E-state index >= 15 is 0 Å². The smallest absolute Gasteiger partial charge is 0.241 e. The van der Waals surface area contributed by atoms with Crippen LogP contribution in [0.1, 0.15) is 39.0 Å². The molecule has 7 heteroatoms. The molecule has 0 aromatic heterocycles. The van der Waals surface area contributed by atoms with Crippen molar-refractivity contribution in [3.8, 4) is 11.8 Å². The molecular formula is C20H28N4O3. The molecule has 1 aliphatic rings. The number of carbonyl (C=O) groups excluding carboxylic acids is 2. The van der Waals surface area contributed by atoms with Crippen molar-refractivity contribution in [1.29, 1.82) is 5.26 Å². The maximum atomic E-state index is 13.0. The second-order valence-corrected chi connectivity index (χ2v) is 6.67. The van der Waals surface area contributed by atoms with Crippen molar-refractivity contribution in [3.63, 3.8) is 0 Å². The quantitative estimate of drug-likeness (QED) is 0.715. The zero-order chi connectivity index (χ0) is 19.6. The van der Waals surface area contributed by atoms with E-state index in [-0.39, 0.29) is 37.2 Å². The van der Waals surface area contributed by atoms with Crippen molar-refractivity contribution in [3.05, 3.63) is 24.3 Å². The lowest BCUT2D eigenvalue weighted by Crippen LogP contribution is -2.48. The average Bonchev–Trinajstić information content (AvgIpc) is 2.65. The van der Waals surface area contributed by atoms with Crippen LogP contribution in [-0.4, -0.2) is 49.0 Å². The highest BCUT2D eigenvalue weighted by molar-refractivity contribution is 5.95. The summed E-state index contributed by atoms with van der Waals surface area (Å²) >= 11 is 0. The van der Waals surface area contributed by atoms with Gasteiger partial charge in [-0.1, -0.05) is 6.42 Å². The number of primary amides is 1. The third kappa shape index (κ3) is 6.26. The van der Waals surface area contributed by atoms with Crippen LogP contribution < -0.4 is 15.4 Å². The number of nitrogens with two attached hydrogens (primary N) is 1. The molecule has 0 radical (unpaired) electrons. The van der Waals surface area contributed by atoms with Crippen molar-refractivity contribution in [1.82, 2.24) is 4.90 Å². The summed E-state index contributed by atoms with van der Waals surface area (Å²) in [7, 11) is 0. The minimum Gasteiger partial charge on any atom is -0.494 e. The van der Waals surface area contributed by atoms with Crippen LogP contribution in [0.15, 0.2) is 24.3 Å². The lowest BCUT2D eigenvalue weighted by molar-refractivity contribution is -0.123. The predicted octanol–water partition coefficient (Wildman–Crippen LogP) is 2.06. The molecule has 1 fully saturated rings. The maximum Gasteiger partial charge on any atom is 0.241 e. The molecule has 0 spiro atoms. The highest BCUT2D eigenvalue weighted by Crippen LogP contribution is 2.23. The predicted molar refractivity (Wildman–Crippen MR) is 103 cm³/mol. The number of rotatable bonds is 9. The van der Waals surface area contributed by atoms with Crippen LogP contribution in [0.5, 0.6) is 5.75 Å². The number of benzene rings is 1. The first-order valence-corrected chi connectivity index (χ1v) is 9.47. The van der Waals surface area contributed by atoms with Gasteiger partial charge in [0.25, 0.3) is 0 Å². The summed E-state index contributed by atoms with van der Waals surface area (Å²) in [4.78, 5) is 28.0.